The van der Waals surface area contributed by atoms with Crippen LogP contribution < -0.4 is 5.32 Å². The molecule has 2 aromatic carbocycles. The van der Waals surface area contributed by atoms with Crippen LogP contribution in [0.2, 0.25) is 0 Å². The van der Waals surface area contributed by atoms with Crippen molar-refractivity contribution in [3.05, 3.63) is 94.2 Å². The Bertz CT molecular complexity index is 1100. The first-order chi connectivity index (χ1) is 13.1. The molecule has 0 aliphatic carbocycles. The minimum atomic E-state index is -0.280. The van der Waals surface area contributed by atoms with Crippen molar-refractivity contribution >= 4 is 27.5 Å². The molecular weight excluding hydrogens is 359 g/mol. The Morgan fingerprint density at radius 1 is 1.11 bits per heavy atom. The summed E-state index contributed by atoms with van der Waals surface area (Å²) in [5, 5.41) is 4.99. The molecule has 0 spiro atoms. The second-order valence-corrected chi connectivity index (χ2v) is 7.47. The molecule has 0 unspecified atom stereocenters. The molecule has 0 aliphatic rings. The molecule has 0 radical (unpaired) electrons. The minimum absolute atomic E-state index is 0.128. The maximum absolute atomic E-state index is 13.0. The van der Waals surface area contributed by atoms with Crippen LogP contribution in [0.4, 0.5) is 4.39 Å². The van der Waals surface area contributed by atoms with Crippen molar-refractivity contribution < 1.29 is 9.18 Å². The summed E-state index contributed by atoms with van der Waals surface area (Å²) >= 11 is 1.63. The van der Waals surface area contributed by atoms with E-state index < -0.39 is 0 Å². The highest BCUT2D eigenvalue weighted by molar-refractivity contribution is 7.17. The van der Waals surface area contributed by atoms with Crippen LogP contribution in [0.5, 0.6) is 0 Å². The smallest absolute Gasteiger partial charge is 0.268 e. The maximum Gasteiger partial charge on any atom is 0.268 e. The van der Waals surface area contributed by atoms with Crippen LogP contribution in [0.1, 0.15) is 27.2 Å². The summed E-state index contributed by atoms with van der Waals surface area (Å²) in [5.41, 5.74) is 4.96. The molecule has 5 heteroatoms. The zero-order chi connectivity index (χ0) is 18.8. The fraction of sp³-hybridized carbons (Fsp3) is 0.136. The van der Waals surface area contributed by atoms with Crippen LogP contribution in [-0.4, -0.2) is 10.5 Å². The number of carbonyl (C=O) groups excluding carboxylic acids is 1. The summed E-state index contributed by atoms with van der Waals surface area (Å²) in [5.74, 6) is -0.409. The molecule has 136 valence electrons. The second kappa shape index (κ2) is 7.37. The van der Waals surface area contributed by atoms with Crippen LogP contribution >= 0.6 is 11.3 Å². The molecule has 3 nitrogen and oxygen atoms in total. The summed E-state index contributed by atoms with van der Waals surface area (Å²) in [4.78, 5) is 12.8. The van der Waals surface area contributed by atoms with Gasteiger partial charge in [0, 0.05) is 13.1 Å². The number of nitrogens with one attached hydrogen (secondary N) is 1. The third-order valence-electron chi connectivity index (χ3n) is 4.71. The quantitative estimate of drug-likeness (QED) is 0.513. The molecule has 4 aromatic rings. The monoisotopic (exact) mass is 378 g/mol. The zero-order valence-electron chi connectivity index (χ0n) is 14.9. The number of amides is 1. The van der Waals surface area contributed by atoms with Gasteiger partial charge in [0.05, 0.1) is 10.2 Å². The van der Waals surface area contributed by atoms with E-state index in [4.69, 9.17) is 0 Å². The van der Waals surface area contributed by atoms with Gasteiger partial charge in [0.25, 0.3) is 5.91 Å². The Morgan fingerprint density at radius 3 is 2.67 bits per heavy atom. The third-order valence-corrected chi connectivity index (χ3v) is 5.56. The number of aryl methyl sites for hydroxylation is 1. The van der Waals surface area contributed by atoms with Crippen molar-refractivity contribution in [2.45, 2.75) is 20.0 Å². The molecule has 0 saturated carbocycles. The van der Waals surface area contributed by atoms with Gasteiger partial charge in [-0.05, 0) is 53.3 Å². The first-order valence-corrected chi connectivity index (χ1v) is 9.63. The molecule has 1 N–H and O–H groups in total. The fourth-order valence-electron chi connectivity index (χ4n) is 3.17. The molecule has 27 heavy (non-hydrogen) atoms. The van der Waals surface area contributed by atoms with Crippen LogP contribution in [-0.2, 0) is 13.1 Å². The molecule has 1 amide bonds. The molecule has 0 fully saturated rings. The van der Waals surface area contributed by atoms with Gasteiger partial charge in [-0.2, -0.15) is 0 Å². The Morgan fingerprint density at radius 2 is 1.89 bits per heavy atom. The van der Waals surface area contributed by atoms with E-state index in [1.54, 1.807) is 23.5 Å². The number of carbonyl (C=O) groups is 1. The van der Waals surface area contributed by atoms with Gasteiger partial charge < -0.3 is 9.88 Å². The average molecular weight is 378 g/mol. The van der Waals surface area contributed by atoms with Gasteiger partial charge >= 0.3 is 0 Å². The van der Waals surface area contributed by atoms with E-state index in [0.29, 0.717) is 18.8 Å². The largest absolute Gasteiger partial charge is 0.347 e. The molecule has 2 aromatic heterocycles. The Balaban J connectivity index is 1.61. The Labute approximate surface area is 161 Å². The van der Waals surface area contributed by atoms with Gasteiger partial charge in [-0.15, -0.1) is 11.3 Å². The SMILES string of the molecule is Cc1ccccc1Cn1c(C(=O)NCc2ccc(F)cc2)cc2sccc21. The normalized spacial score (nSPS) is 11.0. The van der Waals surface area contributed by atoms with Crippen LogP contribution in [0.15, 0.2) is 66.0 Å². The van der Waals surface area contributed by atoms with Gasteiger partial charge in [0.2, 0.25) is 0 Å². The predicted octanol–water partition coefficient (Wildman–Crippen LogP) is 5.13. The standard InChI is InChI=1S/C22H19FN2OS/c1-15-4-2-3-5-17(15)14-25-19-10-11-27-21(19)12-20(25)22(26)24-13-16-6-8-18(23)9-7-16/h2-12H,13-14H2,1H3,(H,24,26). The number of nitrogens with zero attached hydrogens (tertiary/aromatic N) is 1. The van der Waals surface area contributed by atoms with Crippen LogP contribution in [0, 0.1) is 12.7 Å². The Hall–Kier alpha value is -2.92. The summed E-state index contributed by atoms with van der Waals surface area (Å²) in [7, 11) is 0. The summed E-state index contributed by atoms with van der Waals surface area (Å²) in [6.07, 6.45) is 0. The number of thiophene rings is 1. The van der Waals surface area contributed by atoms with E-state index >= 15 is 0 Å². The van der Waals surface area contributed by atoms with E-state index in [-0.39, 0.29) is 11.7 Å². The van der Waals surface area contributed by atoms with E-state index in [1.165, 1.54) is 23.3 Å². The molecule has 4 rings (SSSR count). The number of benzene rings is 2. The van der Waals surface area contributed by atoms with Crippen molar-refractivity contribution in [1.82, 2.24) is 9.88 Å². The number of aromatic nitrogens is 1. The highest BCUT2D eigenvalue weighted by Crippen LogP contribution is 2.27. The summed E-state index contributed by atoms with van der Waals surface area (Å²) in [6, 6.07) is 18.4. The molecular formula is C22H19FN2OS. The van der Waals surface area contributed by atoms with Gasteiger partial charge in [-0.1, -0.05) is 36.4 Å². The second-order valence-electron chi connectivity index (χ2n) is 6.52. The van der Waals surface area contributed by atoms with Gasteiger partial charge in [-0.3, -0.25) is 4.79 Å². The van der Waals surface area contributed by atoms with E-state index in [1.807, 2.05) is 23.6 Å². The summed E-state index contributed by atoms with van der Waals surface area (Å²) in [6.45, 7) is 3.09. The lowest BCUT2D eigenvalue weighted by Crippen LogP contribution is -2.25. The zero-order valence-corrected chi connectivity index (χ0v) is 15.7. The lowest BCUT2D eigenvalue weighted by molar-refractivity contribution is 0.0942. The number of fused-ring (bicyclic) bond motifs is 1. The minimum Gasteiger partial charge on any atom is -0.347 e. The van der Waals surface area contributed by atoms with Crippen molar-refractivity contribution in [2.24, 2.45) is 0 Å². The fourth-order valence-corrected chi connectivity index (χ4v) is 3.99. The Kier molecular flexibility index (Phi) is 4.77. The third kappa shape index (κ3) is 3.64. The number of hydrogen-bond acceptors (Lipinski definition) is 2. The molecule has 0 aliphatic heterocycles. The van der Waals surface area contributed by atoms with Gasteiger partial charge in [-0.25, -0.2) is 4.39 Å². The molecule has 0 saturated heterocycles. The van der Waals surface area contributed by atoms with Crippen LogP contribution in [0.25, 0.3) is 10.2 Å². The molecule has 0 atom stereocenters. The maximum atomic E-state index is 13.0. The van der Waals surface area contributed by atoms with E-state index in [2.05, 4.69) is 35.0 Å². The summed E-state index contributed by atoms with van der Waals surface area (Å²) < 4.78 is 16.2. The van der Waals surface area contributed by atoms with Crippen LogP contribution in [0.3, 0.4) is 0 Å². The van der Waals surface area contributed by atoms with Gasteiger partial charge in [0.15, 0.2) is 0 Å². The van der Waals surface area contributed by atoms with Crippen molar-refractivity contribution in [1.29, 1.82) is 0 Å². The van der Waals surface area contributed by atoms with E-state index in [9.17, 15) is 9.18 Å². The van der Waals surface area contributed by atoms with Crippen molar-refractivity contribution in [3.8, 4) is 0 Å². The number of hydrogen-bond donors (Lipinski definition) is 1. The average Bonchev–Trinajstić information content (AvgIpc) is 3.25. The highest BCUT2D eigenvalue weighted by Gasteiger charge is 2.17. The topological polar surface area (TPSA) is 34.0 Å². The first-order valence-electron chi connectivity index (χ1n) is 8.76. The molecule has 2 heterocycles. The van der Waals surface area contributed by atoms with Crippen molar-refractivity contribution in [3.63, 3.8) is 0 Å². The molecule has 0 bridgehead atoms. The number of rotatable bonds is 5. The first kappa shape index (κ1) is 17.5. The number of halogens is 1. The predicted molar refractivity (Wildman–Crippen MR) is 108 cm³/mol. The lowest BCUT2D eigenvalue weighted by atomic mass is 10.1. The van der Waals surface area contributed by atoms with Gasteiger partial charge in [0.1, 0.15) is 11.5 Å². The lowest BCUT2D eigenvalue weighted by Gasteiger charge is -2.13. The van der Waals surface area contributed by atoms with E-state index in [0.717, 1.165) is 15.8 Å². The van der Waals surface area contributed by atoms with Crippen molar-refractivity contribution in [2.75, 3.05) is 0 Å². The highest BCUT2D eigenvalue weighted by atomic mass is 32.1.